The number of rotatable bonds is 0. The fourth-order valence-corrected chi connectivity index (χ4v) is 4.57. The molecule has 0 N–H and O–H groups in total. The molecule has 1 aromatic heterocycles. The molecule has 0 aliphatic carbocycles. The number of hydrogen-bond acceptors (Lipinski definition) is 3. The number of halogens is 1. The predicted molar refractivity (Wildman–Crippen MR) is 52.7 cm³/mol. The van der Waals surface area contributed by atoms with E-state index in [9.17, 15) is 8.42 Å². The summed E-state index contributed by atoms with van der Waals surface area (Å²) < 4.78 is 24.7. The maximum atomic E-state index is 11.7. The summed E-state index contributed by atoms with van der Waals surface area (Å²) in [5, 5.41) is 1.56. The molecule has 0 bridgehead atoms. The van der Waals surface area contributed by atoms with Gasteiger partial charge in [-0.25, -0.2) is 8.42 Å². The van der Waals surface area contributed by atoms with Crippen LogP contribution in [0, 0.1) is 0 Å². The zero-order valence-electron chi connectivity index (χ0n) is 6.90. The van der Waals surface area contributed by atoms with Gasteiger partial charge in [0.1, 0.15) is 0 Å². The third kappa shape index (κ3) is 1.30. The molecule has 0 aromatic carbocycles. The first-order chi connectivity index (χ1) is 6.03. The summed E-state index contributed by atoms with van der Waals surface area (Å²) in [4.78, 5) is 1.13. The fourth-order valence-electron chi connectivity index (χ4n) is 1.33. The van der Waals surface area contributed by atoms with E-state index < -0.39 is 10.0 Å². The monoisotopic (exact) mass is 237 g/mol. The van der Waals surface area contributed by atoms with Crippen molar-refractivity contribution in [3.8, 4) is 0 Å². The molecule has 72 valence electrons. The lowest BCUT2D eigenvalue weighted by atomic mass is 10.3. The van der Waals surface area contributed by atoms with E-state index >= 15 is 0 Å². The Balaban J connectivity index is 2.66. The molecular formula is C7H8ClNO2S2. The molecule has 0 saturated carbocycles. The zero-order valence-corrected chi connectivity index (χ0v) is 9.29. The predicted octanol–water partition coefficient (Wildman–Crippen LogP) is 1.66. The molecule has 2 rings (SSSR count). The van der Waals surface area contributed by atoms with Crippen molar-refractivity contribution in [3.63, 3.8) is 0 Å². The van der Waals surface area contributed by atoms with E-state index in [-0.39, 0.29) is 5.38 Å². The zero-order chi connectivity index (χ0) is 9.64. The van der Waals surface area contributed by atoms with E-state index in [0.717, 1.165) is 4.88 Å². The number of likely N-dealkylation sites (N-methyl/N-ethyl adjacent to an activating group) is 1. The lowest BCUT2D eigenvalue weighted by Crippen LogP contribution is -2.34. The van der Waals surface area contributed by atoms with Crippen LogP contribution in [0.15, 0.2) is 16.3 Å². The van der Waals surface area contributed by atoms with E-state index in [1.807, 2.05) is 0 Å². The molecule has 0 fully saturated rings. The highest BCUT2D eigenvalue weighted by Crippen LogP contribution is 2.38. The van der Waals surface area contributed by atoms with Crippen LogP contribution in [0.4, 0.5) is 0 Å². The maximum Gasteiger partial charge on any atom is 0.244 e. The second-order valence-electron chi connectivity index (χ2n) is 2.90. The fraction of sp³-hybridized carbons (Fsp3) is 0.429. The second kappa shape index (κ2) is 2.95. The minimum Gasteiger partial charge on any atom is -0.207 e. The van der Waals surface area contributed by atoms with Crippen molar-refractivity contribution in [2.75, 3.05) is 13.6 Å². The van der Waals surface area contributed by atoms with Crippen LogP contribution in [-0.2, 0) is 10.0 Å². The molecular weight excluding hydrogens is 230 g/mol. The number of fused-ring (bicyclic) bond motifs is 1. The van der Waals surface area contributed by atoms with Gasteiger partial charge < -0.3 is 0 Å². The molecule has 2 heterocycles. The maximum absolute atomic E-state index is 11.7. The Kier molecular flexibility index (Phi) is 2.14. The average molecular weight is 238 g/mol. The van der Waals surface area contributed by atoms with Crippen molar-refractivity contribution in [3.05, 3.63) is 16.3 Å². The Hall–Kier alpha value is -0.100. The van der Waals surface area contributed by atoms with Crippen LogP contribution < -0.4 is 0 Å². The van der Waals surface area contributed by atoms with Gasteiger partial charge in [-0.2, -0.15) is 4.31 Å². The van der Waals surface area contributed by atoms with Gasteiger partial charge in [0.15, 0.2) is 0 Å². The second-order valence-corrected chi connectivity index (χ2v) is 6.39. The SMILES string of the molecule is CN1C[C@H](Cl)c2sccc2S1(=O)=O. The van der Waals surface area contributed by atoms with E-state index in [2.05, 4.69) is 0 Å². The van der Waals surface area contributed by atoms with Gasteiger partial charge in [-0.15, -0.1) is 22.9 Å². The van der Waals surface area contributed by atoms with Crippen molar-refractivity contribution in [2.45, 2.75) is 10.3 Å². The van der Waals surface area contributed by atoms with Crippen LogP contribution in [0.2, 0.25) is 0 Å². The third-order valence-electron chi connectivity index (χ3n) is 2.05. The van der Waals surface area contributed by atoms with Crippen LogP contribution in [0.3, 0.4) is 0 Å². The first kappa shape index (κ1) is 9.45. The highest BCUT2D eigenvalue weighted by molar-refractivity contribution is 7.89. The van der Waals surface area contributed by atoms with Gasteiger partial charge in [0.25, 0.3) is 0 Å². The van der Waals surface area contributed by atoms with E-state index in [4.69, 9.17) is 11.6 Å². The van der Waals surface area contributed by atoms with Crippen molar-refractivity contribution >= 4 is 33.0 Å². The van der Waals surface area contributed by atoms with Crippen LogP contribution in [0.5, 0.6) is 0 Å². The van der Waals surface area contributed by atoms with Gasteiger partial charge in [0.2, 0.25) is 10.0 Å². The summed E-state index contributed by atoms with van der Waals surface area (Å²) in [7, 11) is -1.70. The van der Waals surface area contributed by atoms with Gasteiger partial charge in [-0.05, 0) is 11.4 Å². The Morgan fingerprint density at radius 1 is 1.69 bits per heavy atom. The van der Waals surface area contributed by atoms with E-state index in [1.165, 1.54) is 15.6 Å². The number of nitrogens with zero attached hydrogens (tertiary/aromatic N) is 1. The van der Waals surface area contributed by atoms with Gasteiger partial charge >= 0.3 is 0 Å². The molecule has 13 heavy (non-hydrogen) atoms. The van der Waals surface area contributed by atoms with E-state index in [1.54, 1.807) is 18.5 Å². The molecule has 1 atom stereocenters. The van der Waals surface area contributed by atoms with Gasteiger partial charge in [0, 0.05) is 18.5 Å². The van der Waals surface area contributed by atoms with Crippen LogP contribution in [0.25, 0.3) is 0 Å². The molecule has 1 aromatic rings. The molecule has 6 heteroatoms. The van der Waals surface area contributed by atoms with E-state index in [0.29, 0.717) is 11.4 Å². The van der Waals surface area contributed by atoms with Crippen LogP contribution >= 0.6 is 22.9 Å². The minimum absolute atomic E-state index is 0.205. The lowest BCUT2D eigenvalue weighted by Gasteiger charge is -2.25. The van der Waals surface area contributed by atoms with Crippen molar-refractivity contribution in [1.82, 2.24) is 4.31 Å². The number of sulfonamides is 1. The summed E-state index contributed by atoms with van der Waals surface area (Å²) in [6, 6.07) is 1.61. The van der Waals surface area contributed by atoms with Gasteiger partial charge in [0.05, 0.1) is 10.3 Å². The quantitative estimate of drug-likeness (QED) is 0.644. The van der Waals surface area contributed by atoms with Crippen molar-refractivity contribution in [1.29, 1.82) is 0 Å². The number of thiophene rings is 1. The summed E-state index contributed by atoms with van der Waals surface area (Å²) in [6.07, 6.45) is 0. The Morgan fingerprint density at radius 2 is 2.38 bits per heavy atom. The summed E-state index contributed by atoms with van der Waals surface area (Å²) in [5.74, 6) is 0. The molecule has 0 spiro atoms. The topological polar surface area (TPSA) is 37.4 Å². The standard InChI is InChI=1S/C7H8ClNO2S2/c1-9-4-5(8)7-6(2-3-12-7)13(9,10)11/h2-3,5H,4H2,1H3/t5-/m0/s1. The third-order valence-corrected chi connectivity index (χ3v) is 5.57. The number of alkyl halides is 1. The Labute approximate surface area is 86.0 Å². The molecule has 0 saturated heterocycles. The van der Waals surface area contributed by atoms with Crippen molar-refractivity contribution in [2.24, 2.45) is 0 Å². The largest absolute Gasteiger partial charge is 0.244 e. The normalized spacial score (nSPS) is 27.1. The smallest absolute Gasteiger partial charge is 0.207 e. The molecule has 1 aliphatic heterocycles. The molecule has 0 unspecified atom stereocenters. The highest BCUT2D eigenvalue weighted by Gasteiger charge is 2.34. The lowest BCUT2D eigenvalue weighted by molar-refractivity contribution is 0.455. The minimum atomic E-state index is -3.25. The van der Waals surface area contributed by atoms with Gasteiger partial charge in [-0.1, -0.05) is 0 Å². The first-order valence-corrected chi connectivity index (χ1v) is 6.47. The van der Waals surface area contributed by atoms with Gasteiger partial charge in [-0.3, -0.25) is 0 Å². The van der Waals surface area contributed by atoms with Crippen LogP contribution in [0.1, 0.15) is 10.3 Å². The first-order valence-electron chi connectivity index (χ1n) is 3.71. The highest BCUT2D eigenvalue weighted by atomic mass is 35.5. The summed E-state index contributed by atoms with van der Waals surface area (Å²) in [5.41, 5.74) is 0. The van der Waals surface area contributed by atoms with Crippen LogP contribution in [-0.4, -0.2) is 26.3 Å². The molecule has 1 aliphatic rings. The molecule has 0 radical (unpaired) electrons. The Bertz CT molecular complexity index is 425. The Morgan fingerprint density at radius 3 is 3.08 bits per heavy atom. The number of hydrogen-bond donors (Lipinski definition) is 0. The average Bonchev–Trinajstić information content (AvgIpc) is 2.49. The summed E-state index contributed by atoms with van der Waals surface area (Å²) in [6.45, 7) is 0.359. The summed E-state index contributed by atoms with van der Waals surface area (Å²) >= 11 is 7.42. The van der Waals surface area contributed by atoms with Crippen molar-refractivity contribution < 1.29 is 8.42 Å². The molecule has 3 nitrogen and oxygen atoms in total. The molecule has 0 amide bonds.